The largest absolute Gasteiger partial charge is 0.375 e. The van der Waals surface area contributed by atoms with Crippen molar-refractivity contribution in [3.05, 3.63) is 0 Å². The van der Waals surface area contributed by atoms with Crippen molar-refractivity contribution in [1.82, 2.24) is 5.32 Å². The van der Waals surface area contributed by atoms with E-state index >= 15 is 0 Å². The third-order valence-electron chi connectivity index (χ3n) is 3.07. The highest BCUT2D eigenvalue weighted by atomic mass is 16.7. The molecule has 0 aliphatic carbocycles. The molecular formula is C12H25NO3. The maximum atomic E-state index is 5.71. The highest BCUT2D eigenvalue weighted by Crippen LogP contribution is 2.19. The second kappa shape index (κ2) is 6.55. The lowest BCUT2D eigenvalue weighted by Crippen LogP contribution is -2.49. The molecule has 0 saturated carbocycles. The Morgan fingerprint density at radius 1 is 1.12 bits per heavy atom. The van der Waals surface area contributed by atoms with E-state index < -0.39 is 0 Å². The van der Waals surface area contributed by atoms with Gasteiger partial charge in [-0.05, 0) is 33.6 Å². The zero-order valence-electron chi connectivity index (χ0n) is 11.0. The summed E-state index contributed by atoms with van der Waals surface area (Å²) in [5.74, 6) is 0. The van der Waals surface area contributed by atoms with Gasteiger partial charge in [-0.1, -0.05) is 0 Å². The Balaban J connectivity index is 2.40. The van der Waals surface area contributed by atoms with Gasteiger partial charge in [0.15, 0.2) is 6.29 Å². The second-order valence-electron chi connectivity index (χ2n) is 4.72. The first-order chi connectivity index (χ1) is 7.56. The van der Waals surface area contributed by atoms with Gasteiger partial charge >= 0.3 is 0 Å². The molecule has 4 heteroatoms. The smallest absolute Gasteiger partial charge is 0.171 e. The van der Waals surface area contributed by atoms with Gasteiger partial charge in [0.2, 0.25) is 0 Å². The van der Waals surface area contributed by atoms with Crippen LogP contribution in [0.2, 0.25) is 0 Å². The summed E-state index contributed by atoms with van der Waals surface area (Å²) < 4.78 is 16.2. The number of nitrogens with one attached hydrogen (secondary N) is 1. The highest BCUT2D eigenvalue weighted by molar-refractivity contribution is 4.81. The summed E-state index contributed by atoms with van der Waals surface area (Å²) in [7, 11) is 3.34. The topological polar surface area (TPSA) is 39.7 Å². The molecule has 0 aromatic carbocycles. The van der Waals surface area contributed by atoms with Crippen molar-refractivity contribution in [3.8, 4) is 0 Å². The first kappa shape index (κ1) is 13.9. The average molecular weight is 231 g/mol. The summed E-state index contributed by atoms with van der Waals surface area (Å²) in [5.41, 5.74) is 0. The summed E-state index contributed by atoms with van der Waals surface area (Å²) in [4.78, 5) is 0. The van der Waals surface area contributed by atoms with E-state index in [1.807, 2.05) is 0 Å². The van der Waals surface area contributed by atoms with Gasteiger partial charge in [-0.2, -0.15) is 0 Å². The van der Waals surface area contributed by atoms with Gasteiger partial charge in [-0.3, -0.25) is 0 Å². The molecule has 1 heterocycles. The normalized spacial score (nSPS) is 33.0. The molecule has 0 aromatic rings. The maximum absolute atomic E-state index is 5.71. The molecule has 16 heavy (non-hydrogen) atoms. The van der Waals surface area contributed by atoms with Crippen molar-refractivity contribution in [3.63, 3.8) is 0 Å². The summed E-state index contributed by atoms with van der Waals surface area (Å²) in [6.07, 6.45) is 2.58. The Bertz CT molecular complexity index is 187. The molecule has 1 saturated heterocycles. The predicted molar refractivity (Wildman–Crippen MR) is 63.4 cm³/mol. The van der Waals surface area contributed by atoms with Gasteiger partial charge in [-0.15, -0.1) is 0 Å². The third-order valence-corrected chi connectivity index (χ3v) is 3.07. The van der Waals surface area contributed by atoms with E-state index in [0.29, 0.717) is 18.2 Å². The molecule has 0 spiro atoms. The van der Waals surface area contributed by atoms with Crippen LogP contribution in [0.25, 0.3) is 0 Å². The Morgan fingerprint density at radius 2 is 1.62 bits per heavy atom. The SMILES string of the molecule is COC(OC)C(C)NC1CC(C)OC(C)C1. The zero-order valence-corrected chi connectivity index (χ0v) is 11.0. The monoisotopic (exact) mass is 231 g/mol. The van der Waals surface area contributed by atoms with Gasteiger partial charge < -0.3 is 19.5 Å². The van der Waals surface area contributed by atoms with Crippen molar-refractivity contribution in [2.75, 3.05) is 14.2 Å². The molecule has 1 aliphatic rings. The summed E-state index contributed by atoms with van der Waals surface area (Å²) >= 11 is 0. The molecule has 1 fully saturated rings. The summed E-state index contributed by atoms with van der Waals surface area (Å²) in [6, 6.07) is 0.680. The number of methoxy groups -OCH3 is 2. The van der Waals surface area contributed by atoms with Crippen molar-refractivity contribution in [2.24, 2.45) is 0 Å². The Kier molecular flexibility index (Phi) is 5.69. The van der Waals surface area contributed by atoms with E-state index in [9.17, 15) is 0 Å². The molecule has 96 valence electrons. The minimum atomic E-state index is -0.187. The standard InChI is InChI=1S/C12H25NO3/c1-8-6-11(7-9(2)16-8)13-10(3)12(14-4)15-5/h8-13H,6-7H2,1-5H3. The van der Waals surface area contributed by atoms with Crippen LogP contribution in [0.4, 0.5) is 0 Å². The zero-order chi connectivity index (χ0) is 12.1. The van der Waals surface area contributed by atoms with Crippen molar-refractivity contribution < 1.29 is 14.2 Å². The lowest BCUT2D eigenvalue weighted by Gasteiger charge is -2.35. The van der Waals surface area contributed by atoms with Crippen LogP contribution in [-0.2, 0) is 14.2 Å². The first-order valence-electron chi connectivity index (χ1n) is 6.04. The molecule has 3 atom stereocenters. The summed E-state index contributed by atoms with van der Waals surface area (Å²) in [6.45, 7) is 6.33. The van der Waals surface area contributed by atoms with Crippen LogP contribution in [0, 0.1) is 0 Å². The average Bonchev–Trinajstić information content (AvgIpc) is 2.17. The van der Waals surface area contributed by atoms with E-state index in [4.69, 9.17) is 14.2 Å². The molecule has 0 bridgehead atoms. The molecule has 0 aromatic heterocycles. The number of ether oxygens (including phenoxy) is 3. The van der Waals surface area contributed by atoms with Crippen molar-refractivity contribution in [2.45, 2.75) is 64.2 Å². The van der Waals surface area contributed by atoms with Gasteiger partial charge in [0.1, 0.15) is 0 Å². The summed E-state index contributed by atoms with van der Waals surface area (Å²) in [5, 5.41) is 3.55. The third kappa shape index (κ3) is 4.01. The van der Waals surface area contributed by atoms with Gasteiger partial charge in [0.05, 0.1) is 18.2 Å². The highest BCUT2D eigenvalue weighted by Gasteiger charge is 2.27. The molecule has 0 amide bonds. The number of hydrogen-bond acceptors (Lipinski definition) is 4. The minimum Gasteiger partial charge on any atom is -0.375 e. The fourth-order valence-electron chi connectivity index (χ4n) is 2.50. The quantitative estimate of drug-likeness (QED) is 0.729. The van der Waals surface area contributed by atoms with Crippen LogP contribution in [0.5, 0.6) is 0 Å². The van der Waals surface area contributed by atoms with E-state index in [1.165, 1.54) is 0 Å². The van der Waals surface area contributed by atoms with Crippen LogP contribution in [0.1, 0.15) is 33.6 Å². The Labute approximate surface area is 98.6 Å². The van der Waals surface area contributed by atoms with Crippen LogP contribution >= 0.6 is 0 Å². The predicted octanol–water partition coefficient (Wildman–Crippen LogP) is 1.54. The molecule has 4 nitrogen and oxygen atoms in total. The van der Waals surface area contributed by atoms with E-state index in [-0.39, 0.29) is 12.3 Å². The van der Waals surface area contributed by atoms with Crippen LogP contribution in [-0.4, -0.2) is 44.8 Å². The fraction of sp³-hybridized carbons (Fsp3) is 1.00. The van der Waals surface area contributed by atoms with Crippen LogP contribution in [0.3, 0.4) is 0 Å². The molecule has 3 unspecified atom stereocenters. The molecule has 0 radical (unpaired) electrons. The number of hydrogen-bond donors (Lipinski definition) is 1. The maximum Gasteiger partial charge on any atom is 0.171 e. The van der Waals surface area contributed by atoms with E-state index in [1.54, 1.807) is 14.2 Å². The molecular weight excluding hydrogens is 206 g/mol. The minimum absolute atomic E-state index is 0.187. The van der Waals surface area contributed by atoms with E-state index in [2.05, 4.69) is 26.1 Å². The Hall–Kier alpha value is -0.160. The van der Waals surface area contributed by atoms with Gasteiger partial charge in [0, 0.05) is 20.3 Å². The molecule has 1 N–H and O–H groups in total. The molecule has 1 rings (SSSR count). The lowest BCUT2D eigenvalue weighted by atomic mass is 9.99. The second-order valence-corrected chi connectivity index (χ2v) is 4.72. The van der Waals surface area contributed by atoms with Gasteiger partial charge in [0.25, 0.3) is 0 Å². The Morgan fingerprint density at radius 3 is 2.06 bits per heavy atom. The van der Waals surface area contributed by atoms with Crippen LogP contribution in [0.15, 0.2) is 0 Å². The fourth-order valence-corrected chi connectivity index (χ4v) is 2.50. The first-order valence-corrected chi connectivity index (χ1v) is 6.04. The van der Waals surface area contributed by atoms with Crippen molar-refractivity contribution in [1.29, 1.82) is 0 Å². The number of rotatable bonds is 5. The van der Waals surface area contributed by atoms with Crippen molar-refractivity contribution >= 4 is 0 Å². The lowest BCUT2D eigenvalue weighted by molar-refractivity contribution is -0.125. The van der Waals surface area contributed by atoms with Gasteiger partial charge in [-0.25, -0.2) is 0 Å². The van der Waals surface area contributed by atoms with Crippen LogP contribution < -0.4 is 5.32 Å². The molecule has 1 aliphatic heterocycles. The van der Waals surface area contributed by atoms with E-state index in [0.717, 1.165) is 12.8 Å².